The molecule has 0 aliphatic carbocycles. The Labute approximate surface area is 187 Å². The van der Waals surface area contributed by atoms with E-state index in [9.17, 15) is 19.2 Å². The molecular weight excluding hydrogens is 412 g/mol. The lowest BCUT2D eigenvalue weighted by molar-refractivity contribution is -0.135. The minimum atomic E-state index is -0.671. The van der Waals surface area contributed by atoms with Crippen molar-refractivity contribution in [2.45, 2.75) is 57.5 Å². The monoisotopic (exact) mass is 444 g/mol. The van der Waals surface area contributed by atoms with Gasteiger partial charge in [-0.05, 0) is 69.8 Å². The predicted octanol–water partition coefficient (Wildman–Crippen LogP) is 1.35. The van der Waals surface area contributed by atoms with Crippen LogP contribution in [0.3, 0.4) is 0 Å². The minimum Gasteiger partial charge on any atom is -0.400 e. The van der Waals surface area contributed by atoms with E-state index in [-0.39, 0.29) is 24.1 Å². The van der Waals surface area contributed by atoms with Crippen molar-refractivity contribution < 1.29 is 19.5 Å². The standard InChI is InChI=1S/C22H28N4O4.CH4O/c1-14(2)25-19-13-16(15-7-9-24(10-8-15)11-12-27)3-4-17(19)26(22(25)30)18-5-6-20(28)23-21(18)29;1-2/h3-4,12-15,18H,5-11H2,1-2H3,(H,23,28,29);2H,1H3. The fourth-order valence-corrected chi connectivity index (χ4v) is 4.80. The first-order chi connectivity index (χ1) is 15.4. The summed E-state index contributed by atoms with van der Waals surface area (Å²) in [5.41, 5.74) is 2.52. The highest BCUT2D eigenvalue weighted by Crippen LogP contribution is 2.32. The van der Waals surface area contributed by atoms with Crippen molar-refractivity contribution in [1.82, 2.24) is 19.4 Å². The lowest BCUT2D eigenvalue weighted by Gasteiger charge is -2.30. The van der Waals surface area contributed by atoms with Crippen molar-refractivity contribution in [3.05, 3.63) is 34.2 Å². The Balaban J connectivity index is 0.00000141. The molecule has 1 atom stereocenters. The lowest BCUT2D eigenvalue weighted by Crippen LogP contribution is -2.44. The van der Waals surface area contributed by atoms with E-state index in [1.165, 1.54) is 5.56 Å². The highest BCUT2D eigenvalue weighted by Gasteiger charge is 2.32. The van der Waals surface area contributed by atoms with Gasteiger partial charge in [0.15, 0.2) is 0 Å². The second-order valence-corrected chi connectivity index (χ2v) is 8.57. The first-order valence-corrected chi connectivity index (χ1v) is 11.1. The van der Waals surface area contributed by atoms with E-state index in [0.29, 0.717) is 18.9 Å². The highest BCUT2D eigenvalue weighted by atomic mass is 16.2. The van der Waals surface area contributed by atoms with Crippen LogP contribution in [0.1, 0.15) is 63.1 Å². The van der Waals surface area contributed by atoms with Gasteiger partial charge >= 0.3 is 5.69 Å². The summed E-state index contributed by atoms with van der Waals surface area (Å²) < 4.78 is 3.29. The zero-order chi connectivity index (χ0) is 23.4. The number of hydrogen-bond donors (Lipinski definition) is 2. The molecule has 3 heterocycles. The van der Waals surface area contributed by atoms with Gasteiger partial charge in [0, 0.05) is 19.6 Å². The van der Waals surface area contributed by atoms with Gasteiger partial charge in [0.25, 0.3) is 0 Å². The number of hydrogen-bond acceptors (Lipinski definition) is 6. The van der Waals surface area contributed by atoms with Crippen LogP contribution in [0.25, 0.3) is 11.0 Å². The molecule has 2 N–H and O–H groups in total. The van der Waals surface area contributed by atoms with Crippen molar-refractivity contribution in [3.63, 3.8) is 0 Å². The van der Waals surface area contributed by atoms with Gasteiger partial charge in [0.05, 0.1) is 17.6 Å². The number of carbonyl (C=O) groups is 3. The molecule has 2 saturated heterocycles. The molecule has 174 valence electrons. The Morgan fingerprint density at radius 3 is 2.38 bits per heavy atom. The van der Waals surface area contributed by atoms with Gasteiger partial charge in [0.1, 0.15) is 12.3 Å². The summed E-state index contributed by atoms with van der Waals surface area (Å²) in [5.74, 6) is -0.324. The van der Waals surface area contributed by atoms with Gasteiger partial charge in [-0.3, -0.25) is 28.9 Å². The zero-order valence-electron chi connectivity index (χ0n) is 18.9. The Bertz CT molecular complexity index is 1050. The van der Waals surface area contributed by atoms with Gasteiger partial charge < -0.3 is 9.90 Å². The van der Waals surface area contributed by atoms with Gasteiger partial charge in [-0.1, -0.05) is 6.07 Å². The molecule has 0 spiro atoms. The molecule has 2 fully saturated rings. The third-order valence-electron chi connectivity index (χ3n) is 6.36. The number of aliphatic hydroxyl groups excluding tert-OH is 1. The molecule has 32 heavy (non-hydrogen) atoms. The van der Waals surface area contributed by atoms with E-state index < -0.39 is 11.9 Å². The number of aliphatic hydroxyl groups is 1. The van der Waals surface area contributed by atoms with Crippen LogP contribution in [-0.4, -0.2) is 64.0 Å². The van der Waals surface area contributed by atoms with Gasteiger partial charge in [-0.25, -0.2) is 4.79 Å². The number of nitrogens with one attached hydrogen (secondary N) is 1. The smallest absolute Gasteiger partial charge is 0.330 e. The number of aromatic nitrogens is 2. The summed E-state index contributed by atoms with van der Waals surface area (Å²) in [6.45, 7) is 6.17. The number of nitrogens with zero attached hydrogens (tertiary/aromatic N) is 3. The molecule has 1 unspecified atom stereocenters. The minimum absolute atomic E-state index is 0.0563. The average molecular weight is 445 g/mol. The number of carbonyl (C=O) groups excluding carboxylic acids is 3. The van der Waals surface area contributed by atoms with E-state index in [1.807, 2.05) is 19.9 Å². The van der Waals surface area contributed by atoms with E-state index in [4.69, 9.17) is 5.11 Å². The van der Waals surface area contributed by atoms with Crippen LogP contribution in [0.2, 0.25) is 0 Å². The molecule has 4 rings (SSSR count). The maximum Gasteiger partial charge on any atom is 0.330 e. The van der Waals surface area contributed by atoms with Crippen LogP contribution in [0.15, 0.2) is 23.0 Å². The molecule has 1 aromatic heterocycles. The third kappa shape index (κ3) is 4.54. The van der Waals surface area contributed by atoms with Crippen molar-refractivity contribution in [3.8, 4) is 0 Å². The van der Waals surface area contributed by atoms with Crippen molar-refractivity contribution in [1.29, 1.82) is 0 Å². The molecule has 2 aliphatic rings. The molecule has 9 nitrogen and oxygen atoms in total. The van der Waals surface area contributed by atoms with E-state index in [1.54, 1.807) is 9.13 Å². The van der Waals surface area contributed by atoms with Gasteiger partial charge in [-0.15, -0.1) is 0 Å². The van der Waals surface area contributed by atoms with Crippen molar-refractivity contribution in [2.75, 3.05) is 26.7 Å². The van der Waals surface area contributed by atoms with Crippen LogP contribution in [-0.2, 0) is 14.4 Å². The Morgan fingerprint density at radius 1 is 1.09 bits per heavy atom. The fraction of sp³-hybridized carbons (Fsp3) is 0.565. The molecule has 1 aromatic carbocycles. The number of imidazole rings is 1. The van der Waals surface area contributed by atoms with Crippen LogP contribution >= 0.6 is 0 Å². The number of piperidine rings is 2. The largest absolute Gasteiger partial charge is 0.400 e. The Morgan fingerprint density at radius 2 is 1.78 bits per heavy atom. The van der Waals surface area contributed by atoms with Crippen molar-refractivity contribution in [2.24, 2.45) is 0 Å². The quantitative estimate of drug-likeness (QED) is 0.532. The predicted molar refractivity (Wildman–Crippen MR) is 121 cm³/mol. The van der Waals surface area contributed by atoms with Crippen LogP contribution in [0, 0.1) is 0 Å². The van der Waals surface area contributed by atoms with Crippen LogP contribution in [0.5, 0.6) is 0 Å². The van der Waals surface area contributed by atoms with Crippen LogP contribution < -0.4 is 11.0 Å². The highest BCUT2D eigenvalue weighted by molar-refractivity contribution is 6.00. The molecule has 0 bridgehead atoms. The summed E-state index contributed by atoms with van der Waals surface area (Å²) in [4.78, 5) is 50.2. The average Bonchev–Trinajstić information content (AvgIpc) is 3.07. The number of imide groups is 1. The second-order valence-electron chi connectivity index (χ2n) is 8.57. The van der Waals surface area contributed by atoms with Gasteiger partial charge in [0.2, 0.25) is 11.8 Å². The van der Waals surface area contributed by atoms with E-state index >= 15 is 0 Å². The van der Waals surface area contributed by atoms with Crippen LogP contribution in [0.4, 0.5) is 0 Å². The molecule has 2 amide bonds. The number of likely N-dealkylation sites (tertiary alicyclic amines) is 1. The number of fused-ring (bicyclic) bond motifs is 1. The first kappa shape index (κ1) is 23.9. The van der Waals surface area contributed by atoms with Gasteiger partial charge in [-0.2, -0.15) is 0 Å². The summed E-state index contributed by atoms with van der Waals surface area (Å²) in [5, 5.41) is 9.36. The number of amides is 2. The fourth-order valence-electron chi connectivity index (χ4n) is 4.80. The molecule has 2 aliphatic heterocycles. The molecular formula is C23H32N4O5. The summed E-state index contributed by atoms with van der Waals surface area (Å²) in [6, 6.07) is 5.34. The Kier molecular flexibility index (Phi) is 7.63. The Hall–Kier alpha value is -2.78. The summed E-state index contributed by atoms with van der Waals surface area (Å²) >= 11 is 0. The van der Waals surface area contributed by atoms with E-state index in [0.717, 1.165) is 50.4 Å². The topological polar surface area (TPSA) is 114 Å². The summed E-state index contributed by atoms with van der Waals surface area (Å²) in [6.07, 6.45) is 3.46. The maximum absolute atomic E-state index is 13.3. The first-order valence-electron chi connectivity index (χ1n) is 11.1. The molecule has 2 aromatic rings. The third-order valence-corrected chi connectivity index (χ3v) is 6.36. The number of rotatable bonds is 5. The summed E-state index contributed by atoms with van der Waals surface area (Å²) in [7, 11) is 1.00. The maximum atomic E-state index is 13.3. The molecule has 0 saturated carbocycles. The zero-order valence-corrected chi connectivity index (χ0v) is 18.9. The molecule has 9 heteroatoms. The normalized spacial score (nSPS) is 20.2. The SMILES string of the molecule is CC(C)n1c(=O)n(C2CCC(=O)NC2=O)c2ccc(C3CCN(CC=O)CC3)cc21.CO. The second kappa shape index (κ2) is 10.2. The van der Waals surface area contributed by atoms with Crippen molar-refractivity contribution >= 4 is 29.1 Å². The van der Waals surface area contributed by atoms with E-state index in [2.05, 4.69) is 22.3 Å². The number of benzene rings is 1. The number of aldehydes is 1. The molecule has 0 radical (unpaired) electrons. The lowest BCUT2D eigenvalue weighted by atomic mass is 9.89.